The van der Waals surface area contributed by atoms with Gasteiger partial charge in [0.2, 0.25) is 11.8 Å². The second kappa shape index (κ2) is 9.51. The summed E-state index contributed by atoms with van der Waals surface area (Å²) in [6.45, 7) is 3.34. The summed E-state index contributed by atoms with van der Waals surface area (Å²) in [6.07, 6.45) is 6.78. The molecule has 2 fully saturated rings. The minimum atomic E-state index is -1.10. The van der Waals surface area contributed by atoms with Crippen LogP contribution in [0.25, 0.3) is 11.0 Å². The molecule has 1 atom stereocenters. The summed E-state index contributed by atoms with van der Waals surface area (Å²) in [7, 11) is 0. The molecule has 0 radical (unpaired) electrons. The lowest BCUT2D eigenvalue weighted by atomic mass is 9.86. The van der Waals surface area contributed by atoms with Gasteiger partial charge in [-0.1, -0.05) is 6.07 Å². The first kappa shape index (κ1) is 24.2. The number of halogens is 1. The number of amides is 2. The molecule has 0 bridgehead atoms. The number of carbonyl (C=O) groups excluding carboxylic acids is 2. The van der Waals surface area contributed by atoms with Crippen molar-refractivity contribution < 1.29 is 18.7 Å². The van der Waals surface area contributed by atoms with Crippen molar-refractivity contribution >= 4 is 22.8 Å². The Balaban J connectivity index is 1.23. The number of piperidine rings is 1. The van der Waals surface area contributed by atoms with Gasteiger partial charge in [-0.2, -0.15) is 0 Å². The molecule has 1 saturated heterocycles. The van der Waals surface area contributed by atoms with Gasteiger partial charge in [0.15, 0.2) is 11.6 Å². The van der Waals surface area contributed by atoms with Crippen molar-refractivity contribution in [2.75, 3.05) is 13.1 Å². The SMILES string of the molecule is Cc1c[nH]c2nccc(Oc3ccc(CC(N)C(=O)NC4(C(N)=O)CCN(C5CC5)CC4)cc3F)c12. The number of ether oxygens (including phenoxy) is 1. The first-order valence-corrected chi connectivity index (χ1v) is 12.3. The van der Waals surface area contributed by atoms with Gasteiger partial charge in [0, 0.05) is 31.5 Å². The van der Waals surface area contributed by atoms with Crippen molar-refractivity contribution in [3.63, 3.8) is 0 Å². The van der Waals surface area contributed by atoms with E-state index in [9.17, 15) is 14.0 Å². The van der Waals surface area contributed by atoms with Crippen LogP contribution in [0.1, 0.15) is 36.8 Å². The summed E-state index contributed by atoms with van der Waals surface area (Å²) >= 11 is 0. The highest BCUT2D eigenvalue weighted by atomic mass is 19.1. The molecule has 9 nitrogen and oxygen atoms in total. The predicted molar refractivity (Wildman–Crippen MR) is 133 cm³/mol. The van der Waals surface area contributed by atoms with Gasteiger partial charge in [0.1, 0.15) is 16.9 Å². The lowest BCUT2D eigenvalue weighted by Gasteiger charge is -2.40. The molecule has 1 aliphatic heterocycles. The molecule has 3 aromatic rings. The molecule has 2 aliphatic rings. The molecule has 6 N–H and O–H groups in total. The number of likely N-dealkylation sites (tertiary alicyclic amines) is 1. The molecule has 36 heavy (non-hydrogen) atoms. The van der Waals surface area contributed by atoms with Crippen molar-refractivity contribution in [2.45, 2.75) is 56.7 Å². The zero-order valence-corrected chi connectivity index (χ0v) is 20.2. The number of fused-ring (bicyclic) bond motifs is 1. The van der Waals surface area contributed by atoms with Crippen molar-refractivity contribution in [1.82, 2.24) is 20.2 Å². The highest BCUT2D eigenvalue weighted by Gasteiger charge is 2.44. The second-order valence-corrected chi connectivity index (χ2v) is 9.88. The molecule has 1 saturated carbocycles. The third kappa shape index (κ3) is 4.78. The van der Waals surface area contributed by atoms with Gasteiger partial charge in [0.25, 0.3) is 0 Å². The van der Waals surface area contributed by atoms with Crippen LogP contribution >= 0.6 is 0 Å². The van der Waals surface area contributed by atoms with Gasteiger partial charge in [-0.25, -0.2) is 9.37 Å². The van der Waals surface area contributed by atoms with Crippen molar-refractivity contribution in [2.24, 2.45) is 11.5 Å². The summed E-state index contributed by atoms with van der Waals surface area (Å²) in [6, 6.07) is 5.81. The largest absolute Gasteiger partial charge is 0.453 e. The molecule has 0 spiro atoms. The predicted octanol–water partition coefficient (Wildman–Crippen LogP) is 2.27. The van der Waals surface area contributed by atoms with Gasteiger partial charge in [-0.15, -0.1) is 0 Å². The molecule has 1 aromatic carbocycles. The van der Waals surface area contributed by atoms with E-state index in [4.69, 9.17) is 16.2 Å². The lowest BCUT2D eigenvalue weighted by molar-refractivity contribution is -0.134. The molecule has 10 heteroatoms. The monoisotopic (exact) mass is 494 g/mol. The Morgan fingerprint density at radius 1 is 1.28 bits per heavy atom. The van der Waals surface area contributed by atoms with E-state index in [2.05, 4.69) is 20.2 Å². The maximum Gasteiger partial charge on any atom is 0.243 e. The second-order valence-electron chi connectivity index (χ2n) is 9.88. The maximum absolute atomic E-state index is 14.9. The molecule has 3 heterocycles. The number of benzene rings is 1. The van der Waals surface area contributed by atoms with E-state index >= 15 is 0 Å². The quantitative estimate of drug-likeness (QED) is 0.379. The topological polar surface area (TPSA) is 139 Å². The summed E-state index contributed by atoms with van der Waals surface area (Å²) in [5, 5.41) is 3.60. The van der Waals surface area contributed by atoms with Gasteiger partial charge in [-0.3, -0.25) is 9.59 Å². The van der Waals surface area contributed by atoms with Crippen molar-refractivity contribution in [3.05, 3.63) is 53.6 Å². The molecule has 5 rings (SSSR count). The zero-order chi connectivity index (χ0) is 25.4. The number of aromatic nitrogens is 2. The average molecular weight is 495 g/mol. The van der Waals surface area contributed by atoms with E-state index in [0.29, 0.717) is 48.9 Å². The number of nitrogens with zero attached hydrogens (tertiary/aromatic N) is 2. The fraction of sp³-hybridized carbons (Fsp3) is 0.423. The average Bonchev–Trinajstić information content (AvgIpc) is 3.63. The summed E-state index contributed by atoms with van der Waals surface area (Å²) in [5.74, 6) is -1.05. The van der Waals surface area contributed by atoms with Gasteiger partial charge < -0.3 is 31.4 Å². The number of primary amides is 1. The van der Waals surface area contributed by atoms with Crippen molar-refractivity contribution in [3.8, 4) is 11.5 Å². The van der Waals surface area contributed by atoms with Crippen molar-refractivity contribution in [1.29, 1.82) is 0 Å². The Kier molecular flexibility index (Phi) is 6.40. The van der Waals surface area contributed by atoms with Crippen LogP contribution in [0.2, 0.25) is 0 Å². The number of hydrogen-bond donors (Lipinski definition) is 4. The summed E-state index contributed by atoms with van der Waals surface area (Å²) < 4.78 is 20.7. The minimum absolute atomic E-state index is 0.0555. The highest BCUT2D eigenvalue weighted by Crippen LogP contribution is 2.33. The Morgan fingerprint density at radius 3 is 2.69 bits per heavy atom. The number of H-pyrrole nitrogens is 1. The summed E-state index contributed by atoms with van der Waals surface area (Å²) in [4.78, 5) is 34.8. The molecular formula is C26H31FN6O3. The van der Waals surface area contributed by atoms with E-state index in [-0.39, 0.29) is 12.2 Å². The number of carbonyl (C=O) groups is 2. The van der Waals surface area contributed by atoms with Crippen LogP contribution in [0, 0.1) is 12.7 Å². The van der Waals surface area contributed by atoms with E-state index < -0.39 is 29.2 Å². The Labute approximate surface area is 208 Å². The Morgan fingerprint density at radius 2 is 2.03 bits per heavy atom. The maximum atomic E-state index is 14.9. The van der Waals surface area contributed by atoms with Crippen LogP contribution in [0.4, 0.5) is 4.39 Å². The van der Waals surface area contributed by atoms with Gasteiger partial charge >= 0.3 is 0 Å². The number of hydrogen-bond acceptors (Lipinski definition) is 6. The van der Waals surface area contributed by atoms with Crippen LogP contribution < -0.4 is 21.5 Å². The number of aryl methyl sites for hydroxylation is 1. The first-order valence-electron chi connectivity index (χ1n) is 12.3. The Hall–Kier alpha value is -3.50. The van der Waals surface area contributed by atoms with E-state index in [1.165, 1.54) is 25.0 Å². The van der Waals surface area contributed by atoms with E-state index in [0.717, 1.165) is 10.9 Å². The van der Waals surface area contributed by atoms with Crippen LogP contribution in [0.15, 0.2) is 36.7 Å². The number of pyridine rings is 1. The lowest BCUT2D eigenvalue weighted by Crippen LogP contribution is -2.64. The van der Waals surface area contributed by atoms with Gasteiger partial charge in [0.05, 0.1) is 11.4 Å². The first-order chi connectivity index (χ1) is 17.3. The summed E-state index contributed by atoms with van der Waals surface area (Å²) in [5.41, 5.74) is 12.9. The smallest absolute Gasteiger partial charge is 0.243 e. The van der Waals surface area contributed by atoms with Crippen LogP contribution in [0.3, 0.4) is 0 Å². The Bertz CT molecular complexity index is 1300. The molecule has 2 aromatic heterocycles. The zero-order valence-electron chi connectivity index (χ0n) is 20.2. The number of nitrogens with two attached hydrogens (primary N) is 2. The number of rotatable bonds is 8. The normalized spacial score (nSPS) is 18.6. The van der Waals surface area contributed by atoms with Crippen LogP contribution in [0.5, 0.6) is 11.5 Å². The third-order valence-corrected chi connectivity index (χ3v) is 7.29. The third-order valence-electron chi connectivity index (χ3n) is 7.29. The van der Waals surface area contributed by atoms with Gasteiger partial charge in [-0.05, 0) is 68.4 Å². The fourth-order valence-electron chi connectivity index (χ4n) is 4.96. The van der Waals surface area contributed by atoms with E-state index in [1.54, 1.807) is 18.3 Å². The molecule has 2 amide bonds. The molecular weight excluding hydrogens is 463 g/mol. The number of aromatic amines is 1. The van der Waals surface area contributed by atoms with E-state index in [1.807, 2.05) is 13.1 Å². The van der Waals surface area contributed by atoms with Crippen LogP contribution in [-0.2, 0) is 16.0 Å². The fourth-order valence-corrected chi connectivity index (χ4v) is 4.96. The molecule has 190 valence electrons. The highest BCUT2D eigenvalue weighted by molar-refractivity contribution is 5.92. The van der Waals surface area contributed by atoms with Crippen LogP contribution in [-0.4, -0.2) is 57.4 Å². The molecule has 1 unspecified atom stereocenters. The minimum Gasteiger partial charge on any atom is -0.453 e. The molecule has 1 aliphatic carbocycles. The number of nitrogens with one attached hydrogen (secondary N) is 2. The standard InChI is InChI=1S/C26H31FN6O3/c1-15-14-31-23-22(15)21(6-9-30-23)36-20-5-2-16(12-18(20)27)13-19(28)24(34)32-26(25(29)35)7-10-33(11-8-26)17-3-4-17/h2,5-6,9,12,14,17,19H,3-4,7-8,10-11,13,28H2,1H3,(H2,29,35)(H,30,31)(H,32,34).